The molecule has 0 aliphatic heterocycles. The first-order valence-electron chi connectivity index (χ1n) is 12.9. The zero-order chi connectivity index (χ0) is 25.5. The number of hydrogen-bond acceptors (Lipinski definition) is 2. The topological polar surface area (TPSA) is 48.8 Å². The average molecular weight is 507 g/mol. The second kappa shape index (κ2) is 14.7. The lowest BCUT2D eigenvalue weighted by molar-refractivity contribution is 0.697. The van der Waals surface area contributed by atoms with Gasteiger partial charge in [0.1, 0.15) is 5.58 Å². The highest BCUT2D eigenvalue weighted by Gasteiger charge is 2.20. The zero-order valence-electron chi connectivity index (χ0n) is 21.4. The minimum atomic E-state index is -0.790. The molecular formula is C32H35N4P. The average Bonchev–Trinajstić information content (AvgIpc) is 2.95. The van der Waals surface area contributed by atoms with Gasteiger partial charge in [-0.1, -0.05) is 97.1 Å². The Kier molecular flexibility index (Phi) is 10.5. The van der Waals surface area contributed by atoms with E-state index in [0.29, 0.717) is 0 Å². The summed E-state index contributed by atoms with van der Waals surface area (Å²) in [5.41, 5.74) is 3.18. The Labute approximate surface area is 222 Å². The van der Waals surface area contributed by atoms with Crippen LogP contribution in [0.3, 0.4) is 0 Å². The molecule has 188 valence electrons. The van der Waals surface area contributed by atoms with Gasteiger partial charge in [0.2, 0.25) is 0 Å². The number of rotatable bonds is 11. The fourth-order valence-electron chi connectivity index (χ4n) is 3.97. The first-order valence-corrected chi connectivity index (χ1v) is 14.2. The van der Waals surface area contributed by atoms with E-state index in [9.17, 15) is 0 Å². The molecule has 0 amide bonds. The Morgan fingerprint density at radius 1 is 0.541 bits per heavy atom. The van der Waals surface area contributed by atoms with Gasteiger partial charge in [0.15, 0.2) is 0 Å². The van der Waals surface area contributed by atoms with Crippen molar-refractivity contribution in [1.82, 2.24) is 0 Å². The Morgan fingerprint density at radius 2 is 0.973 bits per heavy atom. The van der Waals surface area contributed by atoms with Crippen LogP contribution >= 0.6 is 7.92 Å². The van der Waals surface area contributed by atoms with E-state index in [1.54, 1.807) is 0 Å². The summed E-state index contributed by atoms with van der Waals surface area (Å²) in [7, 11) is -0.790. The molecule has 0 radical (unpaired) electrons. The highest BCUT2D eigenvalue weighted by atomic mass is 31.1. The molecule has 0 unspecified atom stereocenters. The maximum absolute atomic E-state index is 5.15. The van der Waals surface area contributed by atoms with Crippen LogP contribution in [0.2, 0.25) is 0 Å². The van der Waals surface area contributed by atoms with Crippen molar-refractivity contribution >= 4 is 41.3 Å². The number of hydrogen-bond donors (Lipinski definition) is 2. The molecule has 4 nitrogen and oxygen atoms in total. The molecule has 0 saturated heterocycles. The number of nitrogens with one attached hydrogen (secondary N) is 2. The number of aliphatic imine (C=N–C) groups is 2. The minimum absolute atomic E-state index is 0.790. The van der Waals surface area contributed by atoms with Crippen molar-refractivity contribution in [2.24, 2.45) is 9.98 Å². The van der Waals surface area contributed by atoms with Crippen molar-refractivity contribution in [3.8, 4) is 0 Å². The summed E-state index contributed by atoms with van der Waals surface area (Å²) in [6, 6.07) is 42.0. The van der Waals surface area contributed by atoms with Gasteiger partial charge in [-0.2, -0.15) is 0 Å². The molecule has 4 rings (SSSR count). The molecule has 0 aliphatic carbocycles. The van der Waals surface area contributed by atoms with Crippen LogP contribution in [0.25, 0.3) is 0 Å². The van der Waals surface area contributed by atoms with E-state index < -0.39 is 7.92 Å². The summed E-state index contributed by atoms with van der Waals surface area (Å²) in [6.45, 7) is 3.64. The minimum Gasteiger partial charge on any atom is -0.344 e. The smallest absolute Gasteiger partial charge is 0.133 e. The van der Waals surface area contributed by atoms with Crippen molar-refractivity contribution in [1.29, 1.82) is 0 Å². The lowest BCUT2D eigenvalue weighted by Gasteiger charge is -2.22. The van der Waals surface area contributed by atoms with Crippen LogP contribution in [0.15, 0.2) is 131 Å². The third-order valence-corrected chi connectivity index (χ3v) is 8.10. The van der Waals surface area contributed by atoms with Crippen molar-refractivity contribution in [2.45, 2.75) is 26.2 Å². The summed E-state index contributed by atoms with van der Waals surface area (Å²) in [6.07, 6.45) is 3.18. The second-order valence-corrected chi connectivity index (χ2v) is 10.8. The standard InChI is InChI=1S/C32H35N4P/c1-27(35-28-17-7-2-8-18-28)33-25-15-6-16-26-34-32(36-29-19-9-3-10-20-29)37(30-21-11-4-12-22-30)31-23-13-5-14-24-31/h2-5,7-14,17-24H,6,15-16,25-26H2,1H3,(H,33,35)(H,34,36). The van der Waals surface area contributed by atoms with E-state index in [4.69, 9.17) is 4.99 Å². The maximum Gasteiger partial charge on any atom is 0.133 e. The van der Waals surface area contributed by atoms with E-state index in [1.165, 1.54) is 10.6 Å². The monoisotopic (exact) mass is 506 g/mol. The molecule has 5 heteroatoms. The Hall–Kier alpha value is -3.75. The highest BCUT2D eigenvalue weighted by Crippen LogP contribution is 2.36. The van der Waals surface area contributed by atoms with Crippen LogP contribution in [-0.4, -0.2) is 24.5 Å². The van der Waals surface area contributed by atoms with Crippen molar-refractivity contribution in [3.05, 3.63) is 121 Å². The van der Waals surface area contributed by atoms with Gasteiger partial charge in [-0.25, -0.2) is 0 Å². The number of benzene rings is 4. The summed E-state index contributed by atoms with van der Waals surface area (Å²) in [4.78, 5) is 9.82. The fraction of sp³-hybridized carbons (Fsp3) is 0.188. The summed E-state index contributed by atoms with van der Waals surface area (Å²) in [5.74, 6) is 0.954. The van der Waals surface area contributed by atoms with Gasteiger partial charge >= 0.3 is 0 Å². The Morgan fingerprint density at radius 3 is 1.49 bits per heavy atom. The molecule has 0 bridgehead atoms. The second-order valence-electron chi connectivity index (χ2n) is 8.72. The fourth-order valence-corrected chi connectivity index (χ4v) is 6.18. The third kappa shape index (κ3) is 8.70. The first-order chi connectivity index (χ1) is 18.3. The van der Waals surface area contributed by atoms with Gasteiger partial charge in [-0.05, 0) is 61.1 Å². The summed E-state index contributed by atoms with van der Waals surface area (Å²) in [5, 5.41) is 9.60. The number of unbranched alkanes of at least 4 members (excludes halogenated alkanes) is 2. The van der Waals surface area contributed by atoms with Crippen LogP contribution in [-0.2, 0) is 0 Å². The Bertz CT molecular complexity index is 1200. The van der Waals surface area contributed by atoms with E-state index in [2.05, 4.69) is 113 Å². The largest absolute Gasteiger partial charge is 0.344 e. The maximum atomic E-state index is 5.15. The van der Waals surface area contributed by atoms with Gasteiger partial charge in [0, 0.05) is 32.4 Å². The lowest BCUT2D eigenvalue weighted by Crippen LogP contribution is -2.24. The van der Waals surface area contributed by atoms with Crippen LogP contribution in [0.1, 0.15) is 26.2 Å². The highest BCUT2D eigenvalue weighted by molar-refractivity contribution is 7.88. The van der Waals surface area contributed by atoms with Gasteiger partial charge in [0.05, 0.1) is 5.84 Å². The molecule has 0 fully saturated rings. The van der Waals surface area contributed by atoms with Gasteiger partial charge in [-0.3, -0.25) is 9.98 Å². The molecule has 0 aromatic heterocycles. The van der Waals surface area contributed by atoms with Crippen LogP contribution in [0, 0.1) is 0 Å². The normalized spacial score (nSPS) is 11.9. The van der Waals surface area contributed by atoms with E-state index in [1.807, 2.05) is 31.2 Å². The van der Waals surface area contributed by atoms with Gasteiger partial charge in [0.25, 0.3) is 0 Å². The van der Waals surface area contributed by atoms with E-state index in [0.717, 1.165) is 55.1 Å². The molecule has 2 N–H and O–H groups in total. The molecule has 4 aromatic rings. The predicted molar refractivity (Wildman–Crippen MR) is 163 cm³/mol. The van der Waals surface area contributed by atoms with Crippen molar-refractivity contribution in [2.75, 3.05) is 23.7 Å². The lowest BCUT2D eigenvalue weighted by atomic mass is 10.2. The number of para-hydroxylation sites is 2. The molecule has 0 spiro atoms. The quantitative estimate of drug-likeness (QED) is 0.0971. The van der Waals surface area contributed by atoms with Crippen LogP contribution < -0.4 is 21.2 Å². The van der Waals surface area contributed by atoms with E-state index >= 15 is 0 Å². The molecule has 37 heavy (non-hydrogen) atoms. The zero-order valence-corrected chi connectivity index (χ0v) is 22.3. The van der Waals surface area contributed by atoms with Crippen molar-refractivity contribution in [3.63, 3.8) is 0 Å². The first kappa shape index (κ1) is 26.3. The SMILES string of the molecule is CC(=NCCCCCN=C(Nc1ccccc1)P(c1ccccc1)c1ccccc1)Nc1ccccc1. The number of anilines is 2. The number of nitrogens with zero attached hydrogens (tertiary/aromatic N) is 2. The van der Waals surface area contributed by atoms with Crippen LogP contribution in [0.4, 0.5) is 11.4 Å². The van der Waals surface area contributed by atoms with Crippen LogP contribution in [0.5, 0.6) is 0 Å². The molecule has 0 atom stereocenters. The van der Waals surface area contributed by atoms with Gasteiger partial charge in [-0.15, -0.1) is 0 Å². The summed E-state index contributed by atoms with van der Waals surface area (Å²) >= 11 is 0. The molecule has 0 heterocycles. The molecule has 0 aliphatic rings. The molecule has 0 saturated carbocycles. The molecule has 4 aromatic carbocycles. The Balaban J connectivity index is 1.40. The predicted octanol–water partition coefficient (Wildman–Crippen LogP) is 7.29. The molecular weight excluding hydrogens is 471 g/mol. The third-order valence-electron chi connectivity index (χ3n) is 5.80. The van der Waals surface area contributed by atoms with Crippen molar-refractivity contribution < 1.29 is 0 Å². The number of amidine groups is 2. The summed E-state index contributed by atoms with van der Waals surface area (Å²) < 4.78 is 0. The van der Waals surface area contributed by atoms with Gasteiger partial charge < -0.3 is 10.6 Å². The van der Waals surface area contributed by atoms with E-state index in [-0.39, 0.29) is 0 Å².